The van der Waals surface area contributed by atoms with Gasteiger partial charge in [-0.25, -0.2) is 4.98 Å². The zero-order valence-corrected chi connectivity index (χ0v) is 10.8. The average molecular weight is 280 g/mol. The highest BCUT2D eigenvalue weighted by Crippen LogP contribution is 2.37. The molecule has 0 saturated carbocycles. The third-order valence-electron chi connectivity index (χ3n) is 2.58. The Balaban J connectivity index is 2.36. The quantitative estimate of drug-likeness (QED) is 0.298. The van der Waals surface area contributed by atoms with Gasteiger partial charge in [0.2, 0.25) is 5.75 Å². The van der Waals surface area contributed by atoms with Crippen LogP contribution in [-0.4, -0.2) is 31.2 Å². The second-order valence-corrected chi connectivity index (χ2v) is 4.97. The summed E-state index contributed by atoms with van der Waals surface area (Å²) in [4.78, 5) is 4.23. The van der Waals surface area contributed by atoms with Gasteiger partial charge in [-0.3, -0.25) is 0 Å². The molecule has 0 amide bonds. The molecule has 0 spiro atoms. The number of benzene rings is 1. The minimum atomic E-state index is -0.645. The van der Waals surface area contributed by atoms with E-state index < -0.39 is 17.2 Å². The van der Waals surface area contributed by atoms with Gasteiger partial charge >= 0.3 is 0 Å². The normalized spacial score (nSPS) is 11.7. The van der Waals surface area contributed by atoms with Gasteiger partial charge in [0.15, 0.2) is 11.5 Å². The van der Waals surface area contributed by atoms with Crippen molar-refractivity contribution in [2.75, 3.05) is 0 Å². The summed E-state index contributed by atoms with van der Waals surface area (Å²) in [7, 11) is 0. The highest BCUT2D eigenvalue weighted by Gasteiger charge is 2.17. The SMILES string of the molecule is Cc1nc(C/C(=N/O)c2ccc(O)c(O)c2O)cs1. The van der Waals surface area contributed by atoms with Gasteiger partial charge in [0, 0.05) is 17.4 Å². The van der Waals surface area contributed by atoms with Crippen LogP contribution < -0.4 is 0 Å². The van der Waals surface area contributed by atoms with Gasteiger partial charge in [-0.2, -0.15) is 0 Å². The maximum Gasteiger partial charge on any atom is 0.200 e. The standard InChI is InChI=1S/C12H12N2O4S/c1-6-13-7(5-19-6)4-9(14-18)8-2-3-10(15)12(17)11(8)16/h2-3,5,15-18H,4H2,1H3/b14-9-. The molecule has 1 aromatic carbocycles. The smallest absolute Gasteiger partial charge is 0.200 e. The minimum absolute atomic E-state index is 0.142. The predicted molar refractivity (Wildman–Crippen MR) is 70.3 cm³/mol. The summed E-state index contributed by atoms with van der Waals surface area (Å²) < 4.78 is 0. The van der Waals surface area contributed by atoms with Crippen LogP contribution in [0.25, 0.3) is 0 Å². The Bertz CT molecular complexity index is 637. The van der Waals surface area contributed by atoms with Crippen molar-refractivity contribution in [2.45, 2.75) is 13.3 Å². The number of aromatic hydroxyl groups is 3. The lowest BCUT2D eigenvalue weighted by molar-refractivity contribution is 0.317. The van der Waals surface area contributed by atoms with Gasteiger partial charge < -0.3 is 20.5 Å². The Morgan fingerprint density at radius 1 is 1.26 bits per heavy atom. The van der Waals surface area contributed by atoms with E-state index in [1.165, 1.54) is 23.5 Å². The molecule has 0 aliphatic heterocycles. The van der Waals surface area contributed by atoms with E-state index in [4.69, 9.17) is 5.21 Å². The number of phenols is 3. The summed E-state index contributed by atoms with van der Waals surface area (Å²) in [5, 5.41) is 43.3. The van der Waals surface area contributed by atoms with Crippen molar-refractivity contribution in [3.63, 3.8) is 0 Å². The van der Waals surface area contributed by atoms with Crippen molar-refractivity contribution in [3.8, 4) is 17.2 Å². The number of oxime groups is 1. The van der Waals surface area contributed by atoms with Crippen molar-refractivity contribution >= 4 is 17.0 Å². The molecule has 2 rings (SSSR count). The van der Waals surface area contributed by atoms with E-state index in [1.54, 1.807) is 0 Å². The third-order valence-corrected chi connectivity index (χ3v) is 3.40. The number of rotatable bonds is 3. The molecule has 19 heavy (non-hydrogen) atoms. The van der Waals surface area contributed by atoms with Gasteiger partial charge in [-0.1, -0.05) is 5.16 Å². The maximum atomic E-state index is 9.74. The van der Waals surface area contributed by atoms with Crippen LogP contribution in [0.15, 0.2) is 22.7 Å². The topological polar surface area (TPSA) is 106 Å². The number of aryl methyl sites for hydroxylation is 1. The fourth-order valence-corrected chi connectivity index (χ4v) is 2.26. The number of nitrogens with zero attached hydrogens (tertiary/aromatic N) is 2. The van der Waals surface area contributed by atoms with Gasteiger partial charge in [-0.15, -0.1) is 11.3 Å². The molecule has 0 radical (unpaired) electrons. The van der Waals surface area contributed by atoms with E-state index >= 15 is 0 Å². The summed E-state index contributed by atoms with van der Waals surface area (Å²) in [6.45, 7) is 1.85. The highest BCUT2D eigenvalue weighted by atomic mass is 32.1. The Morgan fingerprint density at radius 3 is 2.58 bits per heavy atom. The zero-order valence-electron chi connectivity index (χ0n) is 10.0. The van der Waals surface area contributed by atoms with Crippen LogP contribution in [0.4, 0.5) is 0 Å². The first kappa shape index (κ1) is 13.2. The van der Waals surface area contributed by atoms with Gasteiger partial charge in [0.05, 0.1) is 16.4 Å². The van der Waals surface area contributed by atoms with Gasteiger partial charge in [-0.05, 0) is 19.1 Å². The molecule has 1 heterocycles. The fourth-order valence-electron chi connectivity index (χ4n) is 1.65. The van der Waals surface area contributed by atoms with Crippen LogP contribution >= 0.6 is 11.3 Å². The summed E-state index contributed by atoms with van der Waals surface area (Å²) >= 11 is 1.46. The lowest BCUT2D eigenvalue weighted by Gasteiger charge is -2.08. The Kier molecular flexibility index (Phi) is 3.57. The number of hydrogen-bond acceptors (Lipinski definition) is 7. The molecule has 0 fully saturated rings. The Hall–Kier alpha value is -2.28. The first-order chi connectivity index (χ1) is 9.02. The maximum absolute atomic E-state index is 9.74. The van der Waals surface area contributed by atoms with E-state index in [0.29, 0.717) is 5.69 Å². The van der Waals surface area contributed by atoms with Crippen LogP contribution in [0.2, 0.25) is 0 Å². The number of hydrogen-bond donors (Lipinski definition) is 4. The van der Waals surface area contributed by atoms with Gasteiger partial charge in [0.25, 0.3) is 0 Å². The molecule has 100 valence electrons. The summed E-state index contributed by atoms with van der Waals surface area (Å²) in [6.07, 6.45) is 0.207. The molecule has 4 N–H and O–H groups in total. The molecule has 0 aliphatic rings. The lowest BCUT2D eigenvalue weighted by atomic mass is 10.0. The average Bonchev–Trinajstić information content (AvgIpc) is 2.80. The molecule has 1 aromatic heterocycles. The van der Waals surface area contributed by atoms with E-state index in [2.05, 4.69) is 10.1 Å². The first-order valence-electron chi connectivity index (χ1n) is 5.39. The van der Waals surface area contributed by atoms with Crippen molar-refractivity contribution in [2.24, 2.45) is 5.16 Å². The second kappa shape index (κ2) is 5.15. The van der Waals surface area contributed by atoms with Crippen molar-refractivity contribution < 1.29 is 20.5 Å². The summed E-state index contributed by atoms with van der Waals surface area (Å²) in [5.74, 6) is -1.61. The molecular formula is C12H12N2O4S. The molecule has 0 atom stereocenters. The van der Waals surface area contributed by atoms with Crippen LogP contribution in [0.1, 0.15) is 16.3 Å². The first-order valence-corrected chi connectivity index (χ1v) is 6.27. The summed E-state index contributed by atoms with van der Waals surface area (Å²) in [6, 6.07) is 2.57. The molecular weight excluding hydrogens is 268 g/mol. The molecule has 2 aromatic rings. The molecule has 7 heteroatoms. The minimum Gasteiger partial charge on any atom is -0.504 e. The van der Waals surface area contributed by atoms with E-state index in [-0.39, 0.29) is 17.7 Å². The van der Waals surface area contributed by atoms with Crippen LogP contribution in [0.3, 0.4) is 0 Å². The van der Waals surface area contributed by atoms with Crippen LogP contribution in [0, 0.1) is 6.92 Å². The van der Waals surface area contributed by atoms with E-state index in [1.807, 2.05) is 12.3 Å². The van der Waals surface area contributed by atoms with Gasteiger partial charge in [0.1, 0.15) is 0 Å². The van der Waals surface area contributed by atoms with Crippen molar-refractivity contribution in [3.05, 3.63) is 33.8 Å². The van der Waals surface area contributed by atoms with Crippen molar-refractivity contribution in [1.29, 1.82) is 0 Å². The second-order valence-electron chi connectivity index (χ2n) is 3.91. The van der Waals surface area contributed by atoms with Crippen LogP contribution in [0.5, 0.6) is 17.2 Å². The van der Waals surface area contributed by atoms with E-state index in [9.17, 15) is 15.3 Å². The fraction of sp³-hybridized carbons (Fsp3) is 0.167. The number of aromatic nitrogens is 1. The number of phenolic OH excluding ortho intramolecular Hbond substituents is 3. The Labute approximate surface area is 112 Å². The zero-order chi connectivity index (χ0) is 14.0. The molecule has 0 aliphatic carbocycles. The molecule has 0 bridgehead atoms. The largest absolute Gasteiger partial charge is 0.504 e. The van der Waals surface area contributed by atoms with E-state index in [0.717, 1.165) is 5.01 Å². The monoisotopic (exact) mass is 280 g/mol. The highest BCUT2D eigenvalue weighted by molar-refractivity contribution is 7.09. The number of thiazole rings is 1. The molecule has 0 unspecified atom stereocenters. The molecule has 0 saturated heterocycles. The summed E-state index contributed by atoms with van der Waals surface area (Å²) in [5.41, 5.74) is 0.990. The van der Waals surface area contributed by atoms with Crippen molar-refractivity contribution in [1.82, 2.24) is 4.98 Å². The Morgan fingerprint density at radius 2 is 2.00 bits per heavy atom. The predicted octanol–water partition coefficient (Wildman–Crippen LogP) is 1.99. The third kappa shape index (κ3) is 2.60. The van der Waals surface area contributed by atoms with Crippen LogP contribution in [-0.2, 0) is 6.42 Å². The lowest BCUT2D eigenvalue weighted by Crippen LogP contribution is -2.06. The molecule has 6 nitrogen and oxygen atoms in total.